The maximum absolute atomic E-state index is 12.0. The van der Waals surface area contributed by atoms with Crippen LogP contribution in [-0.2, 0) is 19.1 Å². The molecule has 0 N–H and O–H groups in total. The molecule has 1 fully saturated rings. The Morgan fingerprint density at radius 2 is 2.00 bits per heavy atom. The van der Waals surface area contributed by atoms with Crippen LogP contribution in [0, 0.1) is 0 Å². The standard InChI is InChI=1S/C13H24N2O4/c1-13(2,3)19-11(16)9-14(4)12(17)10-8-15(10)6-7-18-5/h10H,6-9H2,1-5H3/t10-,15?/m0/s1. The smallest absolute Gasteiger partial charge is 0.326 e. The molecule has 0 bridgehead atoms. The molecule has 0 aromatic heterocycles. The molecule has 110 valence electrons. The number of esters is 1. The molecule has 1 amide bonds. The first-order valence-electron chi connectivity index (χ1n) is 6.44. The molecule has 6 heteroatoms. The summed E-state index contributed by atoms with van der Waals surface area (Å²) in [4.78, 5) is 27.1. The second-order valence-corrected chi connectivity index (χ2v) is 5.78. The van der Waals surface area contributed by atoms with Gasteiger partial charge in [-0.05, 0) is 20.8 Å². The van der Waals surface area contributed by atoms with Gasteiger partial charge in [-0.25, -0.2) is 0 Å². The number of methoxy groups -OCH3 is 1. The largest absolute Gasteiger partial charge is 0.459 e. The Morgan fingerprint density at radius 1 is 1.37 bits per heavy atom. The molecule has 1 heterocycles. The van der Waals surface area contributed by atoms with E-state index in [1.165, 1.54) is 4.90 Å². The van der Waals surface area contributed by atoms with Crippen LogP contribution in [-0.4, -0.2) is 73.7 Å². The molecule has 0 aromatic rings. The quantitative estimate of drug-likeness (QED) is 0.507. The number of likely N-dealkylation sites (N-methyl/N-ethyl adjacent to an activating group) is 1. The van der Waals surface area contributed by atoms with Gasteiger partial charge in [-0.2, -0.15) is 0 Å². The number of hydrogen-bond acceptors (Lipinski definition) is 5. The number of amides is 1. The second-order valence-electron chi connectivity index (χ2n) is 5.78. The molecular weight excluding hydrogens is 248 g/mol. The summed E-state index contributed by atoms with van der Waals surface area (Å²) in [6.07, 6.45) is 0. The van der Waals surface area contributed by atoms with Gasteiger partial charge in [-0.1, -0.05) is 0 Å². The lowest BCUT2D eigenvalue weighted by molar-refractivity contribution is -0.158. The van der Waals surface area contributed by atoms with Gasteiger partial charge in [0.05, 0.1) is 6.61 Å². The maximum Gasteiger partial charge on any atom is 0.326 e. The number of rotatable bonds is 6. The van der Waals surface area contributed by atoms with E-state index in [0.717, 1.165) is 13.1 Å². The monoisotopic (exact) mass is 272 g/mol. The summed E-state index contributed by atoms with van der Waals surface area (Å²) in [5.74, 6) is -0.422. The SMILES string of the molecule is COCCN1C[C@H]1C(=O)N(C)CC(=O)OC(C)(C)C. The Kier molecular flexibility index (Phi) is 5.31. The van der Waals surface area contributed by atoms with E-state index in [9.17, 15) is 9.59 Å². The van der Waals surface area contributed by atoms with Crippen LogP contribution in [0.5, 0.6) is 0 Å². The predicted octanol–water partition coefficient (Wildman–Crippen LogP) is 0.117. The Hall–Kier alpha value is -1.14. The Morgan fingerprint density at radius 3 is 2.53 bits per heavy atom. The van der Waals surface area contributed by atoms with E-state index in [0.29, 0.717) is 6.61 Å². The summed E-state index contributed by atoms with van der Waals surface area (Å²) in [6.45, 7) is 7.50. The molecule has 0 aromatic carbocycles. The third kappa shape index (κ3) is 5.57. The predicted molar refractivity (Wildman–Crippen MR) is 70.7 cm³/mol. The fraction of sp³-hybridized carbons (Fsp3) is 0.846. The number of ether oxygens (including phenoxy) is 2. The van der Waals surface area contributed by atoms with Crippen molar-refractivity contribution in [3.8, 4) is 0 Å². The molecule has 0 radical (unpaired) electrons. The highest BCUT2D eigenvalue weighted by atomic mass is 16.6. The lowest BCUT2D eigenvalue weighted by Crippen LogP contribution is -2.39. The van der Waals surface area contributed by atoms with Gasteiger partial charge in [-0.15, -0.1) is 0 Å². The molecule has 1 aliphatic heterocycles. The summed E-state index contributed by atoms with van der Waals surface area (Å²) in [5.41, 5.74) is -0.523. The van der Waals surface area contributed by atoms with Gasteiger partial charge in [0.15, 0.2) is 0 Å². The van der Waals surface area contributed by atoms with E-state index in [-0.39, 0.29) is 24.5 Å². The molecular formula is C13H24N2O4. The number of nitrogens with zero attached hydrogens (tertiary/aromatic N) is 2. The summed E-state index contributed by atoms with van der Waals surface area (Å²) >= 11 is 0. The van der Waals surface area contributed by atoms with E-state index >= 15 is 0 Å². The van der Waals surface area contributed by atoms with Crippen LogP contribution >= 0.6 is 0 Å². The van der Waals surface area contributed by atoms with Crippen LogP contribution in [0.1, 0.15) is 20.8 Å². The highest BCUT2D eigenvalue weighted by Crippen LogP contribution is 2.18. The summed E-state index contributed by atoms with van der Waals surface area (Å²) in [7, 11) is 3.26. The minimum atomic E-state index is -0.523. The van der Waals surface area contributed by atoms with Crippen LogP contribution in [0.25, 0.3) is 0 Å². The Balaban J connectivity index is 2.32. The Labute approximate surface area is 114 Å². The topological polar surface area (TPSA) is 58.9 Å². The molecule has 0 aliphatic carbocycles. The van der Waals surface area contributed by atoms with Gasteiger partial charge in [0.1, 0.15) is 18.2 Å². The molecule has 0 spiro atoms. The van der Waals surface area contributed by atoms with E-state index in [2.05, 4.69) is 0 Å². The highest BCUT2D eigenvalue weighted by Gasteiger charge is 2.41. The fourth-order valence-electron chi connectivity index (χ4n) is 1.76. The molecule has 1 unspecified atom stereocenters. The van der Waals surface area contributed by atoms with Crippen molar-refractivity contribution in [3.05, 3.63) is 0 Å². The Bertz CT molecular complexity index is 338. The van der Waals surface area contributed by atoms with Gasteiger partial charge in [-0.3, -0.25) is 14.5 Å². The van der Waals surface area contributed by atoms with Crippen molar-refractivity contribution in [2.45, 2.75) is 32.4 Å². The van der Waals surface area contributed by atoms with Crippen molar-refractivity contribution < 1.29 is 19.1 Å². The molecule has 19 heavy (non-hydrogen) atoms. The zero-order valence-corrected chi connectivity index (χ0v) is 12.4. The van der Waals surface area contributed by atoms with E-state index in [4.69, 9.17) is 9.47 Å². The zero-order chi connectivity index (χ0) is 14.6. The van der Waals surface area contributed by atoms with Gasteiger partial charge >= 0.3 is 5.97 Å². The van der Waals surface area contributed by atoms with Crippen molar-refractivity contribution in [2.24, 2.45) is 0 Å². The van der Waals surface area contributed by atoms with Crippen molar-refractivity contribution in [1.82, 2.24) is 9.80 Å². The third-order valence-corrected chi connectivity index (χ3v) is 2.74. The van der Waals surface area contributed by atoms with Crippen molar-refractivity contribution in [2.75, 3.05) is 40.4 Å². The van der Waals surface area contributed by atoms with Crippen molar-refractivity contribution >= 4 is 11.9 Å². The lowest BCUT2D eigenvalue weighted by Gasteiger charge is -2.22. The molecule has 2 atom stereocenters. The van der Waals surface area contributed by atoms with Crippen molar-refractivity contribution in [1.29, 1.82) is 0 Å². The van der Waals surface area contributed by atoms with Gasteiger partial charge in [0.25, 0.3) is 0 Å². The van der Waals surface area contributed by atoms with Crippen LogP contribution in [0.15, 0.2) is 0 Å². The number of hydrogen-bond donors (Lipinski definition) is 0. The normalized spacial score (nSPS) is 21.9. The van der Waals surface area contributed by atoms with Crippen LogP contribution in [0.4, 0.5) is 0 Å². The van der Waals surface area contributed by atoms with Gasteiger partial charge in [0, 0.05) is 27.2 Å². The van der Waals surface area contributed by atoms with Crippen LogP contribution < -0.4 is 0 Å². The number of carbonyl (C=O) groups excluding carboxylic acids is 2. The second kappa shape index (κ2) is 6.34. The first-order valence-corrected chi connectivity index (χ1v) is 6.44. The van der Waals surface area contributed by atoms with Gasteiger partial charge < -0.3 is 14.4 Å². The average molecular weight is 272 g/mol. The third-order valence-electron chi connectivity index (χ3n) is 2.74. The van der Waals surface area contributed by atoms with E-state index < -0.39 is 5.60 Å². The highest BCUT2D eigenvalue weighted by molar-refractivity contribution is 5.87. The van der Waals surface area contributed by atoms with Crippen LogP contribution in [0.3, 0.4) is 0 Å². The van der Waals surface area contributed by atoms with E-state index in [1.54, 1.807) is 34.9 Å². The summed E-state index contributed by atoms with van der Waals surface area (Å²) in [5, 5.41) is 0. The lowest BCUT2D eigenvalue weighted by atomic mass is 10.2. The molecule has 1 rings (SSSR count). The first-order chi connectivity index (χ1) is 8.74. The van der Waals surface area contributed by atoms with E-state index in [1.807, 2.05) is 4.90 Å². The summed E-state index contributed by atoms with van der Waals surface area (Å²) in [6, 6.07) is -0.109. The fourth-order valence-corrected chi connectivity index (χ4v) is 1.76. The molecule has 1 aliphatic rings. The first kappa shape index (κ1) is 15.9. The molecule has 1 saturated heterocycles. The molecule has 0 saturated carbocycles. The molecule has 6 nitrogen and oxygen atoms in total. The zero-order valence-electron chi connectivity index (χ0n) is 12.4. The number of carbonyl (C=O) groups is 2. The van der Waals surface area contributed by atoms with Crippen LogP contribution in [0.2, 0.25) is 0 Å². The van der Waals surface area contributed by atoms with Crippen molar-refractivity contribution in [3.63, 3.8) is 0 Å². The summed E-state index contributed by atoms with van der Waals surface area (Å²) < 4.78 is 10.1. The average Bonchev–Trinajstić information content (AvgIpc) is 3.01. The van der Waals surface area contributed by atoms with Gasteiger partial charge in [0.2, 0.25) is 5.91 Å². The maximum atomic E-state index is 12.0. The minimum absolute atomic E-state index is 0.00921. The minimum Gasteiger partial charge on any atom is -0.459 e.